The highest BCUT2D eigenvalue weighted by Gasteiger charge is 2.33. The zero-order valence-electron chi connectivity index (χ0n) is 20.7. The van der Waals surface area contributed by atoms with Crippen molar-refractivity contribution in [3.63, 3.8) is 0 Å². The van der Waals surface area contributed by atoms with E-state index in [9.17, 15) is 13.2 Å². The topological polar surface area (TPSA) is 140 Å². The minimum Gasteiger partial charge on any atom is -0.475 e. The molecule has 0 radical (unpaired) electrons. The zero-order valence-corrected chi connectivity index (χ0v) is 21.5. The van der Waals surface area contributed by atoms with Gasteiger partial charge in [0.05, 0.1) is 17.4 Å². The molecule has 0 bridgehead atoms. The molecule has 0 spiro atoms. The molecule has 1 aliphatic rings. The van der Waals surface area contributed by atoms with Crippen molar-refractivity contribution in [2.24, 2.45) is 0 Å². The summed E-state index contributed by atoms with van der Waals surface area (Å²) in [5.74, 6) is 0.168. The largest absolute Gasteiger partial charge is 0.475 e. The van der Waals surface area contributed by atoms with Gasteiger partial charge < -0.3 is 15.4 Å². The van der Waals surface area contributed by atoms with Gasteiger partial charge in [-0.05, 0) is 70.9 Å². The number of nitrogens with zero attached hydrogens (tertiary/aromatic N) is 4. The number of nitrogens with one attached hydrogen (secondary N) is 1. The molecular formula is C25H30N6O4S. The van der Waals surface area contributed by atoms with E-state index in [0.29, 0.717) is 17.4 Å². The Morgan fingerprint density at radius 2 is 1.81 bits per heavy atom. The summed E-state index contributed by atoms with van der Waals surface area (Å²) in [6.45, 7) is 7.97. The molecule has 10 nitrogen and oxygen atoms in total. The van der Waals surface area contributed by atoms with Crippen molar-refractivity contribution in [2.75, 3.05) is 10.6 Å². The number of hydrogen-bond acceptors (Lipinski definition) is 9. The average Bonchev–Trinajstić information content (AvgIpc) is 3.16. The van der Waals surface area contributed by atoms with Gasteiger partial charge >= 0.3 is 0 Å². The summed E-state index contributed by atoms with van der Waals surface area (Å²) in [7, 11) is -4.24. The molecule has 1 saturated heterocycles. The molecule has 3 aromatic rings. The van der Waals surface area contributed by atoms with Gasteiger partial charge in [-0.2, -0.15) is 8.42 Å². The lowest BCUT2D eigenvalue weighted by atomic mass is 10.1. The molecule has 3 aromatic heterocycles. The van der Waals surface area contributed by atoms with Crippen LogP contribution in [0.25, 0.3) is 11.3 Å². The molecule has 1 amide bonds. The maximum absolute atomic E-state index is 13.3. The first-order valence-electron chi connectivity index (χ1n) is 11.8. The van der Waals surface area contributed by atoms with Crippen LogP contribution in [0.5, 0.6) is 5.88 Å². The monoisotopic (exact) mass is 510 g/mol. The van der Waals surface area contributed by atoms with Crippen LogP contribution in [-0.4, -0.2) is 47.5 Å². The van der Waals surface area contributed by atoms with Crippen LogP contribution in [0.3, 0.4) is 0 Å². The fraction of sp³-hybridized carbons (Fsp3) is 0.360. The van der Waals surface area contributed by atoms with Crippen molar-refractivity contribution in [3.05, 3.63) is 54.2 Å². The van der Waals surface area contributed by atoms with Gasteiger partial charge in [-0.3, -0.25) is 4.79 Å². The van der Waals surface area contributed by atoms with E-state index in [1.54, 1.807) is 24.4 Å². The molecular weight excluding hydrogens is 480 g/mol. The number of pyridine rings is 3. The highest BCUT2D eigenvalue weighted by molar-refractivity contribution is 7.90. The number of anilines is 2. The molecule has 36 heavy (non-hydrogen) atoms. The first-order chi connectivity index (χ1) is 17.0. The third-order valence-electron chi connectivity index (χ3n) is 5.95. The fourth-order valence-electron chi connectivity index (χ4n) is 4.25. The van der Waals surface area contributed by atoms with E-state index in [2.05, 4.69) is 33.4 Å². The van der Waals surface area contributed by atoms with Crippen LogP contribution in [0.2, 0.25) is 0 Å². The number of amides is 1. The van der Waals surface area contributed by atoms with Gasteiger partial charge in [0.1, 0.15) is 11.6 Å². The molecule has 190 valence electrons. The lowest BCUT2D eigenvalue weighted by Crippen LogP contribution is -2.37. The molecule has 0 saturated carbocycles. The predicted molar refractivity (Wildman–Crippen MR) is 137 cm³/mol. The lowest BCUT2D eigenvalue weighted by Gasteiger charge is -2.29. The number of nitrogens with two attached hydrogens (primary N) is 1. The van der Waals surface area contributed by atoms with Gasteiger partial charge in [0.2, 0.25) is 5.88 Å². The van der Waals surface area contributed by atoms with Crippen LogP contribution >= 0.6 is 0 Å². The van der Waals surface area contributed by atoms with E-state index >= 15 is 0 Å². The van der Waals surface area contributed by atoms with E-state index in [-0.39, 0.29) is 34.6 Å². The summed E-state index contributed by atoms with van der Waals surface area (Å²) in [5, 5.41) is -0.334. The van der Waals surface area contributed by atoms with Crippen molar-refractivity contribution < 1.29 is 17.9 Å². The quantitative estimate of drug-likeness (QED) is 0.489. The maximum atomic E-state index is 13.3. The molecule has 1 unspecified atom stereocenters. The van der Waals surface area contributed by atoms with E-state index < -0.39 is 15.9 Å². The number of carbonyl (C=O) groups is 1. The normalized spacial score (nSPS) is 17.9. The van der Waals surface area contributed by atoms with Crippen LogP contribution in [0.4, 0.5) is 11.6 Å². The van der Waals surface area contributed by atoms with Gasteiger partial charge in [0.15, 0.2) is 5.03 Å². The highest BCUT2D eigenvalue weighted by Crippen LogP contribution is 2.33. The Morgan fingerprint density at radius 1 is 1.08 bits per heavy atom. The Morgan fingerprint density at radius 3 is 2.42 bits per heavy atom. The Hall–Kier alpha value is -3.73. The first kappa shape index (κ1) is 25.4. The van der Waals surface area contributed by atoms with E-state index in [4.69, 9.17) is 15.5 Å². The van der Waals surface area contributed by atoms with Gasteiger partial charge in [0.25, 0.3) is 15.9 Å². The Bertz CT molecular complexity index is 1350. The molecule has 2 atom stereocenters. The number of carbonyl (C=O) groups excluding carboxylic acids is 1. The molecule has 1 aliphatic heterocycles. The van der Waals surface area contributed by atoms with Crippen molar-refractivity contribution in [1.82, 2.24) is 19.7 Å². The van der Waals surface area contributed by atoms with E-state index in [1.807, 2.05) is 19.9 Å². The minimum atomic E-state index is -4.24. The van der Waals surface area contributed by atoms with Crippen LogP contribution in [0, 0.1) is 0 Å². The van der Waals surface area contributed by atoms with Crippen LogP contribution in [0.15, 0.2) is 53.7 Å². The second kappa shape index (κ2) is 10.1. The SMILES string of the molecule is CC(C)Oc1ccc(-c2ccc(C(=O)NS(=O)(=O)c3cccc(N)n3)c(N3C(C)CC[C@H]3C)n2)cn1. The summed E-state index contributed by atoms with van der Waals surface area (Å²) in [5.41, 5.74) is 7.13. The van der Waals surface area contributed by atoms with Crippen molar-refractivity contribution >= 4 is 27.6 Å². The van der Waals surface area contributed by atoms with E-state index in [1.165, 1.54) is 18.2 Å². The minimum absolute atomic E-state index is 0.00261. The highest BCUT2D eigenvalue weighted by atomic mass is 32.2. The van der Waals surface area contributed by atoms with Crippen molar-refractivity contribution in [1.29, 1.82) is 0 Å². The smallest absolute Gasteiger partial charge is 0.281 e. The Kier molecular flexibility index (Phi) is 7.11. The standard InChI is InChI=1S/C25H30N6O4S/c1-15(2)35-22-13-10-18(14-27-22)20-12-11-19(24(28-20)31-16(3)8-9-17(31)4)25(32)30-36(33,34)23-7-5-6-21(26)29-23/h5-7,10-17H,8-9H2,1-4H3,(H2,26,29)(H,30,32)/t16-,17?/m1/s1. The van der Waals surface area contributed by atoms with Gasteiger partial charge in [0, 0.05) is 29.9 Å². The third-order valence-corrected chi connectivity index (χ3v) is 7.18. The molecule has 4 rings (SSSR count). The summed E-state index contributed by atoms with van der Waals surface area (Å²) in [6, 6.07) is 11.3. The second-order valence-corrected chi connectivity index (χ2v) is 10.8. The zero-order chi connectivity index (χ0) is 26.0. The van der Waals surface area contributed by atoms with Crippen LogP contribution in [-0.2, 0) is 10.0 Å². The average molecular weight is 511 g/mol. The second-order valence-electron chi connectivity index (χ2n) is 9.14. The summed E-state index contributed by atoms with van der Waals surface area (Å²) in [6.07, 6.45) is 3.53. The number of nitrogen functional groups attached to an aromatic ring is 1. The third kappa shape index (κ3) is 5.40. The summed E-state index contributed by atoms with van der Waals surface area (Å²) < 4.78 is 33.4. The van der Waals surface area contributed by atoms with Gasteiger partial charge in [-0.1, -0.05) is 6.07 Å². The molecule has 3 N–H and O–H groups in total. The number of sulfonamides is 1. The predicted octanol–water partition coefficient (Wildman–Crippen LogP) is 3.40. The molecule has 0 aliphatic carbocycles. The Labute approximate surface area is 211 Å². The molecule has 11 heteroatoms. The molecule has 1 fully saturated rings. The summed E-state index contributed by atoms with van der Waals surface area (Å²) >= 11 is 0. The first-order valence-corrected chi connectivity index (χ1v) is 13.3. The summed E-state index contributed by atoms with van der Waals surface area (Å²) in [4.78, 5) is 28.3. The number of ether oxygens (including phenoxy) is 1. The number of rotatable bonds is 7. The van der Waals surface area contributed by atoms with Crippen LogP contribution < -0.4 is 20.1 Å². The molecule has 0 aromatic carbocycles. The fourth-order valence-corrected chi connectivity index (χ4v) is 5.19. The van der Waals surface area contributed by atoms with E-state index in [0.717, 1.165) is 18.4 Å². The van der Waals surface area contributed by atoms with Crippen LogP contribution in [0.1, 0.15) is 50.9 Å². The molecule has 4 heterocycles. The van der Waals surface area contributed by atoms with Crippen molar-refractivity contribution in [2.45, 2.75) is 63.8 Å². The maximum Gasteiger partial charge on any atom is 0.281 e. The van der Waals surface area contributed by atoms with Gasteiger partial charge in [-0.15, -0.1) is 0 Å². The lowest BCUT2D eigenvalue weighted by molar-refractivity contribution is 0.0981. The Balaban J connectivity index is 1.71. The number of aromatic nitrogens is 3. The van der Waals surface area contributed by atoms with Gasteiger partial charge in [-0.25, -0.2) is 19.7 Å². The number of hydrogen-bond donors (Lipinski definition) is 2. The van der Waals surface area contributed by atoms with Crippen molar-refractivity contribution in [3.8, 4) is 17.1 Å².